The molecule has 2 aromatic rings. The van der Waals surface area contributed by atoms with Gasteiger partial charge in [0, 0.05) is 16.8 Å². The Kier molecular flexibility index (Phi) is 4.11. The summed E-state index contributed by atoms with van der Waals surface area (Å²) < 4.78 is 5.95. The number of thioether (sulfide) groups is 1. The molecule has 2 heterocycles. The number of rotatable bonds is 3. The van der Waals surface area contributed by atoms with Crippen LogP contribution in [-0.4, -0.2) is 28.0 Å². The summed E-state index contributed by atoms with van der Waals surface area (Å²) >= 11 is 1.60. The first kappa shape index (κ1) is 15.0. The molecule has 0 saturated heterocycles. The van der Waals surface area contributed by atoms with Crippen molar-refractivity contribution in [2.75, 3.05) is 11.1 Å². The molecule has 1 atom stereocenters. The highest BCUT2D eigenvalue weighted by molar-refractivity contribution is 8.00. The maximum atomic E-state index is 11.9. The molecule has 0 saturated carbocycles. The van der Waals surface area contributed by atoms with Gasteiger partial charge >= 0.3 is 0 Å². The van der Waals surface area contributed by atoms with E-state index in [0.29, 0.717) is 11.6 Å². The average molecular weight is 317 g/mol. The number of aryl methyl sites for hydroxylation is 1. The minimum atomic E-state index is -0.0255. The van der Waals surface area contributed by atoms with Gasteiger partial charge in [-0.3, -0.25) is 9.89 Å². The minimum Gasteiger partial charge on any atom is -0.491 e. The first-order valence-electron chi connectivity index (χ1n) is 7.28. The van der Waals surface area contributed by atoms with Gasteiger partial charge in [-0.05, 0) is 26.8 Å². The van der Waals surface area contributed by atoms with Crippen molar-refractivity contribution in [3.63, 3.8) is 0 Å². The van der Waals surface area contributed by atoms with E-state index in [9.17, 15) is 4.79 Å². The largest absolute Gasteiger partial charge is 0.491 e. The number of ether oxygens (including phenoxy) is 1. The summed E-state index contributed by atoms with van der Waals surface area (Å²) in [7, 11) is 0. The summed E-state index contributed by atoms with van der Waals surface area (Å²) in [5.74, 6) is 1.85. The van der Waals surface area contributed by atoms with Gasteiger partial charge in [0.25, 0.3) is 0 Å². The molecular weight excluding hydrogens is 298 g/mol. The van der Waals surface area contributed by atoms with Gasteiger partial charge in [0.15, 0.2) is 5.82 Å². The fourth-order valence-corrected chi connectivity index (χ4v) is 3.79. The number of para-hydroxylation sites is 1. The highest BCUT2D eigenvalue weighted by atomic mass is 32.2. The number of H-pyrrole nitrogens is 1. The molecule has 1 aliphatic heterocycles. The summed E-state index contributed by atoms with van der Waals surface area (Å²) in [6.07, 6.45) is 0.0987. The lowest BCUT2D eigenvalue weighted by molar-refractivity contribution is -0.113. The number of hydrogen-bond acceptors (Lipinski definition) is 4. The Labute approximate surface area is 133 Å². The Hall–Kier alpha value is -1.95. The second kappa shape index (κ2) is 6.04. The second-order valence-electron chi connectivity index (χ2n) is 5.55. The van der Waals surface area contributed by atoms with E-state index >= 15 is 0 Å². The molecule has 6 heteroatoms. The van der Waals surface area contributed by atoms with Crippen LogP contribution in [0.5, 0.6) is 5.75 Å². The normalized spacial score (nSPS) is 17.8. The molecule has 22 heavy (non-hydrogen) atoms. The van der Waals surface area contributed by atoms with E-state index < -0.39 is 0 Å². The molecule has 1 aliphatic rings. The van der Waals surface area contributed by atoms with Gasteiger partial charge in [0.2, 0.25) is 5.91 Å². The SMILES string of the molecule is Cc1[nH]nc2c1[C@H](c1ccccc1OC(C)C)SCC(=O)N2. The summed E-state index contributed by atoms with van der Waals surface area (Å²) in [5, 5.41) is 10.1. The monoisotopic (exact) mass is 317 g/mol. The Morgan fingerprint density at radius 1 is 1.36 bits per heavy atom. The van der Waals surface area contributed by atoms with E-state index in [0.717, 1.165) is 22.6 Å². The van der Waals surface area contributed by atoms with Crippen LogP contribution in [0.2, 0.25) is 0 Å². The predicted octanol–water partition coefficient (Wildman–Crippen LogP) is 3.28. The van der Waals surface area contributed by atoms with Crippen molar-refractivity contribution in [1.82, 2.24) is 10.2 Å². The highest BCUT2D eigenvalue weighted by Gasteiger charge is 2.30. The van der Waals surface area contributed by atoms with Crippen LogP contribution in [0, 0.1) is 6.92 Å². The van der Waals surface area contributed by atoms with Crippen LogP contribution < -0.4 is 10.1 Å². The van der Waals surface area contributed by atoms with Crippen molar-refractivity contribution in [2.45, 2.75) is 32.1 Å². The lowest BCUT2D eigenvalue weighted by Gasteiger charge is -2.20. The van der Waals surface area contributed by atoms with Crippen molar-refractivity contribution in [2.24, 2.45) is 0 Å². The van der Waals surface area contributed by atoms with Crippen LogP contribution in [-0.2, 0) is 4.79 Å². The van der Waals surface area contributed by atoms with Crippen molar-refractivity contribution < 1.29 is 9.53 Å². The van der Waals surface area contributed by atoms with Crippen molar-refractivity contribution in [3.8, 4) is 5.75 Å². The second-order valence-corrected chi connectivity index (χ2v) is 6.65. The maximum Gasteiger partial charge on any atom is 0.235 e. The van der Waals surface area contributed by atoms with E-state index in [2.05, 4.69) is 21.6 Å². The highest BCUT2D eigenvalue weighted by Crippen LogP contribution is 2.45. The smallest absolute Gasteiger partial charge is 0.235 e. The topological polar surface area (TPSA) is 67.0 Å². The van der Waals surface area contributed by atoms with Gasteiger partial charge in [-0.1, -0.05) is 18.2 Å². The summed E-state index contributed by atoms with van der Waals surface area (Å²) in [5.41, 5.74) is 3.06. The van der Waals surface area contributed by atoms with Crippen LogP contribution in [0.1, 0.15) is 35.9 Å². The summed E-state index contributed by atoms with van der Waals surface area (Å²) in [4.78, 5) is 11.9. The van der Waals surface area contributed by atoms with E-state index in [4.69, 9.17) is 4.74 Å². The molecule has 0 bridgehead atoms. The number of benzene rings is 1. The molecule has 2 N–H and O–H groups in total. The van der Waals surface area contributed by atoms with E-state index in [1.807, 2.05) is 39.0 Å². The molecule has 116 valence electrons. The number of anilines is 1. The number of amides is 1. The van der Waals surface area contributed by atoms with Crippen LogP contribution in [0.4, 0.5) is 5.82 Å². The molecule has 0 unspecified atom stereocenters. The fourth-order valence-electron chi connectivity index (χ4n) is 2.57. The zero-order chi connectivity index (χ0) is 15.7. The first-order chi connectivity index (χ1) is 10.6. The van der Waals surface area contributed by atoms with Gasteiger partial charge in [-0.25, -0.2) is 0 Å². The maximum absolute atomic E-state index is 11.9. The zero-order valence-corrected chi connectivity index (χ0v) is 13.7. The van der Waals surface area contributed by atoms with Gasteiger partial charge < -0.3 is 10.1 Å². The van der Waals surface area contributed by atoms with E-state index in [-0.39, 0.29) is 17.3 Å². The number of aromatic nitrogens is 2. The minimum absolute atomic E-state index is 0.0163. The standard InChI is InChI=1S/C16H19N3O2S/c1-9(2)21-12-7-5-4-6-11(12)15-14-10(3)18-19-16(14)17-13(20)8-22-15/h4-7,9,15H,8H2,1-3H3,(H2,17,18,19,20)/t15-/m0/s1. The van der Waals surface area contributed by atoms with Crippen molar-refractivity contribution in [3.05, 3.63) is 41.1 Å². The Bertz CT molecular complexity index is 696. The Morgan fingerprint density at radius 2 is 2.14 bits per heavy atom. The van der Waals surface area contributed by atoms with Gasteiger partial charge in [0.05, 0.1) is 17.1 Å². The number of hydrogen-bond donors (Lipinski definition) is 2. The first-order valence-corrected chi connectivity index (χ1v) is 8.33. The number of nitrogens with zero attached hydrogens (tertiary/aromatic N) is 1. The third kappa shape index (κ3) is 2.83. The number of aromatic amines is 1. The molecule has 0 radical (unpaired) electrons. The van der Waals surface area contributed by atoms with Gasteiger partial charge in [-0.2, -0.15) is 5.10 Å². The lowest BCUT2D eigenvalue weighted by Crippen LogP contribution is -2.12. The van der Waals surface area contributed by atoms with Crippen molar-refractivity contribution in [1.29, 1.82) is 0 Å². The van der Waals surface area contributed by atoms with Crippen LogP contribution in [0.15, 0.2) is 24.3 Å². The quantitative estimate of drug-likeness (QED) is 0.911. The molecule has 1 aromatic heterocycles. The average Bonchev–Trinajstić information content (AvgIpc) is 2.73. The third-order valence-electron chi connectivity index (χ3n) is 3.46. The summed E-state index contributed by atoms with van der Waals surface area (Å²) in [6, 6.07) is 8.00. The van der Waals surface area contributed by atoms with Gasteiger partial charge in [-0.15, -0.1) is 11.8 Å². The van der Waals surface area contributed by atoms with Crippen LogP contribution >= 0.6 is 11.8 Å². The lowest BCUT2D eigenvalue weighted by atomic mass is 10.0. The summed E-state index contributed by atoms with van der Waals surface area (Å²) in [6.45, 7) is 6.00. The van der Waals surface area contributed by atoms with Gasteiger partial charge in [0.1, 0.15) is 5.75 Å². The number of carbonyl (C=O) groups excluding carboxylic acids is 1. The van der Waals surface area contributed by atoms with E-state index in [1.165, 1.54) is 0 Å². The number of carbonyl (C=O) groups is 1. The zero-order valence-electron chi connectivity index (χ0n) is 12.8. The Morgan fingerprint density at radius 3 is 2.91 bits per heavy atom. The molecule has 5 nitrogen and oxygen atoms in total. The molecule has 1 aromatic carbocycles. The van der Waals surface area contributed by atoms with Crippen LogP contribution in [0.25, 0.3) is 0 Å². The molecular formula is C16H19N3O2S. The Balaban J connectivity index is 2.08. The molecule has 0 aliphatic carbocycles. The number of fused-ring (bicyclic) bond motifs is 1. The van der Waals surface area contributed by atoms with Crippen molar-refractivity contribution >= 4 is 23.5 Å². The third-order valence-corrected chi connectivity index (χ3v) is 4.71. The predicted molar refractivity (Wildman–Crippen MR) is 88.5 cm³/mol. The molecule has 1 amide bonds. The molecule has 3 rings (SSSR count). The molecule has 0 fully saturated rings. The fraction of sp³-hybridized carbons (Fsp3) is 0.375. The molecule has 0 spiro atoms. The number of nitrogens with one attached hydrogen (secondary N) is 2. The van der Waals surface area contributed by atoms with E-state index in [1.54, 1.807) is 11.8 Å². The van der Waals surface area contributed by atoms with Crippen LogP contribution in [0.3, 0.4) is 0 Å².